The van der Waals surface area contributed by atoms with E-state index < -0.39 is 5.54 Å². The first-order valence-corrected chi connectivity index (χ1v) is 7.46. The van der Waals surface area contributed by atoms with Crippen LogP contribution in [0.25, 0.3) is 0 Å². The van der Waals surface area contributed by atoms with E-state index in [9.17, 15) is 4.39 Å². The van der Waals surface area contributed by atoms with E-state index >= 15 is 0 Å². The first-order valence-electron chi connectivity index (χ1n) is 5.87. The van der Waals surface area contributed by atoms with Crippen LogP contribution in [0.15, 0.2) is 51.4 Å². The van der Waals surface area contributed by atoms with Gasteiger partial charge in [-0.1, -0.05) is 34.1 Å². The largest absolute Gasteiger partial charge is 0.321 e. The third-order valence-corrected chi connectivity index (χ3v) is 4.20. The molecule has 0 bridgehead atoms. The molecule has 0 saturated carbocycles. The zero-order valence-corrected chi connectivity index (χ0v) is 13.6. The Labute approximate surface area is 129 Å². The molecular weight excluding hydrogens is 373 g/mol. The minimum Gasteiger partial charge on any atom is -0.321 e. The van der Waals surface area contributed by atoms with Gasteiger partial charge in [-0.25, -0.2) is 4.39 Å². The third-order valence-electron chi connectivity index (χ3n) is 3.06. The molecular formula is C15H14Br2FN. The molecule has 0 spiro atoms. The van der Waals surface area contributed by atoms with Gasteiger partial charge in [0.2, 0.25) is 0 Å². The second-order valence-electron chi connectivity index (χ2n) is 4.85. The molecule has 0 radical (unpaired) electrons. The minimum absolute atomic E-state index is 0.258. The van der Waals surface area contributed by atoms with Gasteiger partial charge in [0.1, 0.15) is 5.82 Å². The standard InChI is InChI=1S/C15H14Br2FN/c1-15(19,11-3-5-12(16)6-4-11)9-10-2-7-14(18)13(17)8-10/h2-8H,9,19H2,1H3. The molecule has 0 aromatic heterocycles. The lowest BCUT2D eigenvalue weighted by Gasteiger charge is -2.25. The molecule has 0 aliphatic rings. The quantitative estimate of drug-likeness (QED) is 0.807. The molecule has 0 amide bonds. The number of rotatable bonds is 3. The Morgan fingerprint density at radius 1 is 1.11 bits per heavy atom. The topological polar surface area (TPSA) is 26.0 Å². The molecule has 0 fully saturated rings. The van der Waals surface area contributed by atoms with E-state index in [0.717, 1.165) is 15.6 Å². The fourth-order valence-corrected chi connectivity index (χ4v) is 2.70. The lowest BCUT2D eigenvalue weighted by atomic mass is 9.87. The lowest BCUT2D eigenvalue weighted by molar-refractivity contribution is 0.490. The van der Waals surface area contributed by atoms with Crippen molar-refractivity contribution in [3.63, 3.8) is 0 Å². The van der Waals surface area contributed by atoms with Crippen molar-refractivity contribution < 1.29 is 4.39 Å². The smallest absolute Gasteiger partial charge is 0.137 e. The van der Waals surface area contributed by atoms with Gasteiger partial charge in [-0.2, -0.15) is 0 Å². The normalized spacial score (nSPS) is 14.2. The average molecular weight is 387 g/mol. The van der Waals surface area contributed by atoms with Gasteiger partial charge in [0.25, 0.3) is 0 Å². The predicted molar refractivity (Wildman–Crippen MR) is 83.5 cm³/mol. The molecule has 0 saturated heterocycles. The van der Waals surface area contributed by atoms with Crippen molar-refractivity contribution in [2.45, 2.75) is 18.9 Å². The highest BCUT2D eigenvalue weighted by molar-refractivity contribution is 9.10. The summed E-state index contributed by atoms with van der Waals surface area (Å²) in [5.41, 5.74) is 7.95. The van der Waals surface area contributed by atoms with Crippen molar-refractivity contribution >= 4 is 31.9 Å². The number of nitrogens with two attached hydrogens (primary N) is 1. The van der Waals surface area contributed by atoms with E-state index in [1.54, 1.807) is 12.1 Å². The Morgan fingerprint density at radius 2 is 1.74 bits per heavy atom. The molecule has 0 aliphatic heterocycles. The maximum atomic E-state index is 13.2. The van der Waals surface area contributed by atoms with E-state index in [1.165, 1.54) is 6.07 Å². The Morgan fingerprint density at radius 3 is 2.32 bits per heavy atom. The summed E-state index contributed by atoms with van der Waals surface area (Å²) in [7, 11) is 0. The SMILES string of the molecule is CC(N)(Cc1ccc(F)c(Br)c1)c1ccc(Br)cc1. The second kappa shape index (κ2) is 5.73. The molecule has 0 heterocycles. The minimum atomic E-state index is -0.488. The molecule has 100 valence electrons. The summed E-state index contributed by atoms with van der Waals surface area (Å²) in [5.74, 6) is -0.258. The van der Waals surface area contributed by atoms with Crippen LogP contribution >= 0.6 is 31.9 Å². The summed E-state index contributed by atoms with van der Waals surface area (Å²) >= 11 is 6.61. The highest BCUT2D eigenvalue weighted by atomic mass is 79.9. The molecule has 1 unspecified atom stereocenters. The Bertz CT molecular complexity index is 579. The summed E-state index contributed by atoms with van der Waals surface area (Å²) in [6.07, 6.45) is 0.646. The van der Waals surface area contributed by atoms with E-state index in [-0.39, 0.29) is 5.82 Å². The first-order chi connectivity index (χ1) is 8.88. The van der Waals surface area contributed by atoms with Crippen LogP contribution in [-0.4, -0.2) is 0 Å². The van der Waals surface area contributed by atoms with Gasteiger partial charge in [-0.05, 0) is 64.7 Å². The van der Waals surface area contributed by atoms with Crippen molar-refractivity contribution in [1.29, 1.82) is 0 Å². The summed E-state index contributed by atoms with van der Waals surface area (Å²) in [5, 5.41) is 0. The maximum Gasteiger partial charge on any atom is 0.137 e. The van der Waals surface area contributed by atoms with Gasteiger partial charge in [0, 0.05) is 10.0 Å². The van der Waals surface area contributed by atoms with Crippen molar-refractivity contribution in [1.82, 2.24) is 0 Å². The van der Waals surface area contributed by atoms with Gasteiger partial charge < -0.3 is 5.73 Å². The maximum absolute atomic E-state index is 13.2. The number of benzene rings is 2. The van der Waals surface area contributed by atoms with Crippen LogP contribution in [0.4, 0.5) is 4.39 Å². The molecule has 2 N–H and O–H groups in total. The fraction of sp³-hybridized carbons (Fsp3) is 0.200. The van der Waals surface area contributed by atoms with E-state index in [0.29, 0.717) is 10.9 Å². The van der Waals surface area contributed by atoms with Crippen molar-refractivity contribution in [2.24, 2.45) is 5.73 Å². The van der Waals surface area contributed by atoms with Crippen molar-refractivity contribution in [3.8, 4) is 0 Å². The summed E-state index contributed by atoms with van der Waals surface area (Å²) in [6.45, 7) is 1.98. The number of hydrogen-bond acceptors (Lipinski definition) is 1. The zero-order valence-electron chi connectivity index (χ0n) is 10.5. The number of halogens is 3. The summed E-state index contributed by atoms with van der Waals surface area (Å²) < 4.78 is 14.7. The van der Waals surface area contributed by atoms with Gasteiger partial charge in [-0.15, -0.1) is 0 Å². The summed E-state index contributed by atoms with van der Waals surface area (Å²) in [6, 6.07) is 13.0. The van der Waals surface area contributed by atoms with Crippen LogP contribution in [0.1, 0.15) is 18.1 Å². The Hall–Kier alpha value is -0.710. The van der Waals surface area contributed by atoms with Crippen LogP contribution < -0.4 is 5.73 Å². The third kappa shape index (κ3) is 3.65. The lowest BCUT2D eigenvalue weighted by Crippen LogP contribution is -2.35. The highest BCUT2D eigenvalue weighted by Crippen LogP contribution is 2.26. The Kier molecular flexibility index (Phi) is 4.43. The molecule has 2 aromatic carbocycles. The molecule has 4 heteroatoms. The van der Waals surface area contributed by atoms with E-state index in [2.05, 4.69) is 31.9 Å². The molecule has 2 aromatic rings. The van der Waals surface area contributed by atoms with Gasteiger partial charge in [0.15, 0.2) is 0 Å². The van der Waals surface area contributed by atoms with E-state index in [4.69, 9.17) is 5.73 Å². The zero-order chi connectivity index (χ0) is 14.0. The van der Waals surface area contributed by atoms with Gasteiger partial charge >= 0.3 is 0 Å². The van der Waals surface area contributed by atoms with Crippen LogP contribution in [0.2, 0.25) is 0 Å². The molecule has 2 rings (SSSR count). The highest BCUT2D eigenvalue weighted by Gasteiger charge is 2.22. The predicted octanol–water partition coefficient (Wildman–Crippen LogP) is 4.77. The molecule has 19 heavy (non-hydrogen) atoms. The monoisotopic (exact) mass is 385 g/mol. The molecule has 1 nitrogen and oxygen atoms in total. The van der Waals surface area contributed by atoms with Crippen LogP contribution in [0.3, 0.4) is 0 Å². The van der Waals surface area contributed by atoms with Gasteiger partial charge in [0.05, 0.1) is 4.47 Å². The first kappa shape index (κ1) is 14.7. The van der Waals surface area contributed by atoms with E-state index in [1.807, 2.05) is 31.2 Å². The molecule has 1 atom stereocenters. The Balaban J connectivity index is 2.25. The van der Waals surface area contributed by atoms with Gasteiger partial charge in [-0.3, -0.25) is 0 Å². The molecule has 0 aliphatic carbocycles. The van der Waals surface area contributed by atoms with Crippen molar-refractivity contribution in [3.05, 3.63) is 68.4 Å². The summed E-state index contributed by atoms with van der Waals surface area (Å²) in [4.78, 5) is 0. The van der Waals surface area contributed by atoms with Crippen molar-refractivity contribution in [2.75, 3.05) is 0 Å². The van der Waals surface area contributed by atoms with Crippen LogP contribution in [-0.2, 0) is 12.0 Å². The second-order valence-corrected chi connectivity index (χ2v) is 6.62. The van der Waals surface area contributed by atoms with Crippen LogP contribution in [0.5, 0.6) is 0 Å². The average Bonchev–Trinajstić information content (AvgIpc) is 2.34. The van der Waals surface area contributed by atoms with Crippen LogP contribution in [0, 0.1) is 5.82 Å². The number of hydrogen-bond donors (Lipinski definition) is 1. The fourth-order valence-electron chi connectivity index (χ4n) is 2.01.